The molecule has 104 valence electrons. The van der Waals surface area contributed by atoms with Crippen LogP contribution in [0.1, 0.15) is 6.42 Å². The van der Waals surface area contributed by atoms with Gasteiger partial charge in [0.1, 0.15) is 12.7 Å². The molecule has 0 spiro atoms. The molecule has 1 aromatic carbocycles. The van der Waals surface area contributed by atoms with Crippen LogP contribution in [-0.4, -0.2) is 38.9 Å². The number of carbonyl (C=O) groups excluding carboxylic acids is 1. The molecule has 0 bridgehead atoms. The zero-order valence-corrected chi connectivity index (χ0v) is 11.4. The average molecular weight is 293 g/mol. The standard InChI is InChI=1S/C13H13ClN4O2/c14-11-4-10(17-5-9(6-19)3-13(17)20)1-2-12(11)18-8-15-7-16-18/h1-2,4,7-9,19H,3,5-6H2. The summed E-state index contributed by atoms with van der Waals surface area (Å²) in [6.45, 7) is 0.543. The van der Waals surface area contributed by atoms with Crippen molar-refractivity contribution in [1.29, 1.82) is 0 Å². The topological polar surface area (TPSA) is 71.2 Å². The molecule has 0 saturated carbocycles. The molecule has 1 fully saturated rings. The number of aliphatic hydroxyl groups is 1. The number of carbonyl (C=O) groups is 1. The van der Waals surface area contributed by atoms with E-state index < -0.39 is 0 Å². The first-order valence-electron chi connectivity index (χ1n) is 6.25. The van der Waals surface area contributed by atoms with E-state index in [4.69, 9.17) is 16.7 Å². The second kappa shape index (κ2) is 5.22. The Morgan fingerprint density at radius 3 is 2.90 bits per heavy atom. The van der Waals surface area contributed by atoms with Crippen LogP contribution in [0, 0.1) is 5.92 Å². The first kappa shape index (κ1) is 13.1. The second-order valence-corrected chi connectivity index (χ2v) is 5.14. The molecule has 3 rings (SSSR count). The largest absolute Gasteiger partial charge is 0.396 e. The molecule has 0 radical (unpaired) electrons. The van der Waals surface area contributed by atoms with Gasteiger partial charge in [-0.25, -0.2) is 9.67 Å². The van der Waals surface area contributed by atoms with Gasteiger partial charge in [-0.15, -0.1) is 0 Å². The number of hydrogen-bond acceptors (Lipinski definition) is 4. The van der Waals surface area contributed by atoms with E-state index in [1.54, 1.807) is 28.0 Å². The van der Waals surface area contributed by atoms with Crippen molar-refractivity contribution in [3.05, 3.63) is 35.9 Å². The van der Waals surface area contributed by atoms with Gasteiger partial charge in [0, 0.05) is 31.2 Å². The number of aliphatic hydroxyl groups excluding tert-OH is 1. The highest BCUT2D eigenvalue weighted by molar-refractivity contribution is 6.32. The monoisotopic (exact) mass is 292 g/mol. The van der Waals surface area contributed by atoms with Crippen LogP contribution in [0.25, 0.3) is 5.69 Å². The van der Waals surface area contributed by atoms with Crippen molar-refractivity contribution in [2.45, 2.75) is 6.42 Å². The molecule has 1 unspecified atom stereocenters. The smallest absolute Gasteiger partial charge is 0.227 e. The van der Waals surface area contributed by atoms with Gasteiger partial charge in [0.2, 0.25) is 5.91 Å². The van der Waals surface area contributed by atoms with E-state index in [0.717, 1.165) is 5.69 Å². The van der Waals surface area contributed by atoms with E-state index in [1.807, 2.05) is 6.07 Å². The number of nitrogens with zero attached hydrogens (tertiary/aromatic N) is 4. The first-order valence-corrected chi connectivity index (χ1v) is 6.62. The Morgan fingerprint density at radius 1 is 1.45 bits per heavy atom. The van der Waals surface area contributed by atoms with Gasteiger partial charge in [-0.1, -0.05) is 11.6 Å². The Labute approximate surface area is 120 Å². The summed E-state index contributed by atoms with van der Waals surface area (Å²) in [6.07, 6.45) is 3.36. The fourth-order valence-corrected chi connectivity index (χ4v) is 2.60. The van der Waals surface area contributed by atoms with Crippen molar-refractivity contribution in [3.63, 3.8) is 0 Å². The molecule has 20 heavy (non-hydrogen) atoms. The van der Waals surface area contributed by atoms with Crippen molar-refractivity contribution >= 4 is 23.2 Å². The molecule has 1 aliphatic heterocycles. The van der Waals surface area contributed by atoms with Crippen LogP contribution in [0.15, 0.2) is 30.9 Å². The molecule has 7 heteroatoms. The van der Waals surface area contributed by atoms with Gasteiger partial charge in [0.05, 0.1) is 10.7 Å². The van der Waals surface area contributed by atoms with Crippen molar-refractivity contribution < 1.29 is 9.90 Å². The Bertz CT molecular complexity index is 629. The molecular formula is C13H13ClN4O2. The van der Waals surface area contributed by atoms with E-state index in [1.165, 1.54) is 6.33 Å². The van der Waals surface area contributed by atoms with Crippen molar-refractivity contribution in [1.82, 2.24) is 14.8 Å². The average Bonchev–Trinajstić information content (AvgIpc) is 3.07. The third kappa shape index (κ3) is 2.28. The Hall–Kier alpha value is -1.92. The number of benzene rings is 1. The lowest BCUT2D eigenvalue weighted by molar-refractivity contribution is -0.117. The highest BCUT2D eigenvalue weighted by Gasteiger charge is 2.30. The summed E-state index contributed by atoms with van der Waals surface area (Å²) in [7, 11) is 0. The maximum Gasteiger partial charge on any atom is 0.227 e. The minimum absolute atomic E-state index is 0.00346. The van der Waals surface area contributed by atoms with Gasteiger partial charge in [0.25, 0.3) is 0 Å². The van der Waals surface area contributed by atoms with E-state index in [2.05, 4.69) is 10.1 Å². The highest BCUT2D eigenvalue weighted by atomic mass is 35.5. The SMILES string of the molecule is O=C1CC(CO)CN1c1ccc(-n2cncn2)c(Cl)c1. The lowest BCUT2D eigenvalue weighted by Gasteiger charge is -2.17. The number of anilines is 1. The quantitative estimate of drug-likeness (QED) is 0.925. The van der Waals surface area contributed by atoms with Crippen molar-refractivity contribution in [2.24, 2.45) is 5.92 Å². The summed E-state index contributed by atoms with van der Waals surface area (Å²) in [5.74, 6) is 0.00453. The number of aromatic nitrogens is 3. The number of rotatable bonds is 3. The molecule has 2 aromatic rings. The normalized spacial score (nSPS) is 18.8. The van der Waals surface area contributed by atoms with Crippen LogP contribution in [0.4, 0.5) is 5.69 Å². The van der Waals surface area contributed by atoms with Crippen molar-refractivity contribution in [3.8, 4) is 5.69 Å². The van der Waals surface area contributed by atoms with Crippen LogP contribution in [0.3, 0.4) is 0 Å². The van der Waals surface area contributed by atoms with Gasteiger partial charge in [-0.05, 0) is 18.2 Å². The van der Waals surface area contributed by atoms with E-state index in [9.17, 15) is 4.79 Å². The van der Waals surface area contributed by atoms with Crippen LogP contribution >= 0.6 is 11.6 Å². The number of amides is 1. The number of hydrogen-bond donors (Lipinski definition) is 1. The van der Waals surface area contributed by atoms with E-state index in [-0.39, 0.29) is 18.4 Å². The zero-order valence-electron chi connectivity index (χ0n) is 10.6. The van der Waals surface area contributed by atoms with Gasteiger partial charge >= 0.3 is 0 Å². The summed E-state index contributed by atoms with van der Waals surface area (Å²) in [5.41, 5.74) is 1.44. The van der Waals surface area contributed by atoms with Gasteiger partial charge in [0.15, 0.2) is 0 Å². The second-order valence-electron chi connectivity index (χ2n) is 4.73. The summed E-state index contributed by atoms with van der Waals surface area (Å²) >= 11 is 6.24. The molecule has 1 amide bonds. The maximum atomic E-state index is 11.9. The van der Waals surface area contributed by atoms with Crippen molar-refractivity contribution in [2.75, 3.05) is 18.1 Å². The third-order valence-electron chi connectivity index (χ3n) is 3.37. The molecule has 1 aromatic heterocycles. The third-order valence-corrected chi connectivity index (χ3v) is 3.67. The molecule has 6 nitrogen and oxygen atoms in total. The predicted molar refractivity (Wildman–Crippen MR) is 73.9 cm³/mol. The van der Waals surface area contributed by atoms with Gasteiger partial charge < -0.3 is 10.0 Å². The van der Waals surface area contributed by atoms with Crippen LogP contribution in [-0.2, 0) is 4.79 Å². The van der Waals surface area contributed by atoms with E-state index in [0.29, 0.717) is 23.7 Å². The highest BCUT2D eigenvalue weighted by Crippen LogP contribution is 2.30. The van der Waals surface area contributed by atoms with E-state index >= 15 is 0 Å². The zero-order chi connectivity index (χ0) is 14.1. The summed E-state index contributed by atoms with van der Waals surface area (Å²) in [6, 6.07) is 5.35. The minimum atomic E-state index is -0.00346. The molecule has 1 aliphatic rings. The summed E-state index contributed by atoms with van der Waals surface area (Å²) in [4.78, 5) is 17.4. The Morgan fingerprint density at radius 2 is 2.30 bits per heavy atom. The minimum Gasteiger partial charge on any atom is -0.396 e. The fourth-order valence-electron chi connectivity index (χ4n) is 2.34. The lowest BCUT2D eigenvalue weighted by Crippen LogP contribution is -2.24. The van der Waals surface area contributed by atoms with Crippen LogP contribution < -0.4 is 4.90 Å². The fraction of sp³-hybridized carbons (Fsp3) is 0.308. The van der Waals surface area contributed by atoms with Crippen LogP contribution in [0.2, 0.25) is 5.02 Å². The predicted octanol–water partition coefficient (Wildman–Crippen LogP) is 1.27. The Kier molecular flexibility index (Phi) is 3.42. The molecule has 2 heterocycles. The lowest BCUT2D eigenvalue weighted by atomic mass is 10.1. The molecular weight excluding hydrogens is 280 g/mol. The summed E-state index contributed by atoms with van der Waals surface area (Å²) in [5, 5.41) is 13.7. The molecule has 1 N–H and O–H groups in total. The summed E-state index contributed by atoms with van der Waals surface area (Å²) < 4.78 is 1.56. The Balaban J connectivity index is 1.89. The molecule has 0 aliphatic carbocycles. The van der Waals surface area contributed by atoms with Gasteiger partial charge in [-0.2, -0.15) is 5.10 Å². The molecule has 1 saturated heterocycles. The first-order chi connectivity index (χ1) is 9.69. The number of halogens is 1. The maximum absolute atomic E-state index is 11.9. The molecule has 1 atom stereocenters. The van der Waals surface area contributed by atoms with Gasteiger partial charge in [-0.3, -0.25) is 4.79 Å². The van der Waals surface area contributed by atoms with Crippen LogP contribution in [0.5, 0.6) is 0 Å².